The first-order valence-electron chi connectivity index (χ1n) is 10.4. The van der Waals surface area contributed by atoms with Gasteiger partial charge in [0, 0.05) is 23.3 Å². The molecule has 162 valence electrons. The van der Waals surface area contributed by atoms with E-state index in [1.54, 1.807) is 0 Å². The van der Waals surface area contributed by atoms with Gasteiger partial charge in [0.05, 0.1) is 16.3 Å². The van der Waals surface area contributed by atoms with E-state index in [2.05, 4.69) is 22.8 Å². The fraction of sp³-hybridized carbons (Fsp3) is 0.0370. The zero-order valence-electron chi connectivity index (χ0n) is 17.7. The predicted octanol–water partition coefficient (Wildman–Crippen LogP) is 7.13. The maximum atomic E-state index is 12.6. The average Bonchev–Trinajstić information content (AvgIpc) is 3.33. The summed E-state index contributed by atoms with van der Waals surface area (Å²) >= 11 is 7.14. The Balaban J connectivity index is 1.82. The minimum absolute atomic E-state index is 0.270. The van der Waals surface area contributed by atoms with E-state index in [1.165, 1.54) is 7.05 Å². The molecular weight excluding hydrogens is 452 g/mol. The molecule has 0 bridgehead atoms. The Hall–Kier alpha value is -3.54. The summed E-state index contributed by atoms with van der Waals surface area (Å²) in [5.41, 5.74) is 5.73. The summed E-state index contributed by atoms with van der Waals surface area (Å²) in [5.74, 6) is -0.287. The van der Waals surface area contributed by atoms with Gasteiger partial charge in [-0.1, -0.05) is 72.3 Å². The highest BCUT2D eigenvalue weighted by Crippen LogP contribution is 2.39. The van der Waals surface area contributed by atoms with Crippen molar-refractivity contribution in [1.82, 2.24) is 9.47 Å². The molecule has 4 aromatic rings. The molecule has 1 saturated heterocycles. The normalized spacial score (nSPS) is 15.0. The van der Waals surface area contributed by atoms with E-state index in [4.69, 9.17) is 11.6 Å². The van der Waals surface area contributed by atoms with Gasteiger partial charge >= 0.3 is 0 Å². The van der Waals surface area contributed by atoms with E-state index >= 15 is 0 Å². The van der Waals surface area contributed by atoms with Crippen LogP contribution in [0.5, 0.6) is 0 Å². The van der Waals surface area contributed by atoms with Crippen molar-refractivity contribution >= 4 is 40.6 Å². The van der Waals surface area contributed by atoms with Crippen LogP contribution in [0, 0.1) is 0 Å². The van der Waals surface area contributed by atoms with E-state index in [1.807, 2.05) is 78.9 Å². The Morgan fingerprint density at radius 3 is 2.00 bits per heavy atom. The quantitative estimate of drug-likeness (QED) is 0.298. The summed E-state index contributed by atoms with van der Waals surface area (Å²) in [6, 6.07) is 29.9. The monoisotopic (exact) mass is 470 g/mol. The summed E-state index contributed by atoms with van der Waals surface area (Å²) in [5, 5.41) is 0.387. The first-order chi connectivity index (χ1) is 16.0. The van der Waals surface area contributed by atoms with Crippen LogP contribution in [0.1, 0.15) is 5.56 Å². The van der Waals surface area contributed by atoms with E-state index in [9.17, 15) is 9.59 Å². The minimum Gasteiger partial charge on any atom is -0.309 e. The average molecular weight is 471 g/mol. The fourth-order valence-electron chi connectivity index (χ4n) is 3.90. The van der Waals surface area contributed by atoms with Gasteiger partial charge in [-0.3, -0.25) is 14.5 Å². The van der Waals surface area contributed by atoms with Gasteiger partial charge < -0.3 is 4.57 Å². The van der Waals surface area contributed by atoms with Crippen molar-refractivity contribution in [2.24, 2.45) is 0 Å². The van der Waals surface area contributed by atoms with Crippen LogP contribution in [0.4, 0.5) is 4.79 Å². The van der Waals surface area contributed by atoms with Crippen LogP contribution in [0.25, 0.3) is 34.3 Å². The number of hydrogen-bond acceptors (Lipinski definition) is 3. The molecule has 6 heteroatoms. The van der Waals surface area contributed by atoms with Crippen LogP contribution in [0.2, 0.25) is 5.02 Å². The Morgan fingerprint density at radius 2 is 1.42 bits per heavy atom. The van der Waals surface area contributed by atoms with Crippen LogP contribution >= 0.6 is 23.4 Å². The Bertz CT molecular complexity index is 1380. The molecule has 0 N–H and O–H groups in total. The number of amides is 2. The lowest BCUT2D eigenvalue weighted by Crippen LogP contribution is -2.22. The van der Waals surface area contributed by atoms with Gasteiger partial charge in [-0.2, -0.15) is 0 Å². The third-order valence-corrected chi connectivity index (χ3v) is 6.72. The highest BCUT2D eigenvalue weighted by molar-refractivity contribution is 8.18. The van der Waals surface area contributed by atoms with E-state index < -0.39 is 0 Å². The first-order valence-corrected chi connectivity index (χ1v) is 11.6. The van der Waals surface area contributed by atoms with Crippen LogP contribution in [0.3, 0.4) is 0 Å². The predicted molar refractivity (Wildman–Crippen MR) is 135 cm³/mol. The van der Waals surface area contributed by atoms with Gasteiger partial charge in [0.25, 0.3) is 11.1 Å². The SMILES string of the molecule is CN1C(=O)S/C(=C/c2cc(-c3ccccc3)n(-c3ccc(Cl)cc3)c2-c2ccccc2)C1=O. The summed E-state index contributed by atoms with van der Waals surface area (Å²) in [4.78, 5) is 26.3. The number of benzene rings is 3. The number of aromatic nitrogens is 1. The second-order valence-electron chi connectivity index (χ2n) is 7.62. The molecule has 5 rings (SSSR count). The molecule has 1 aliphatic heterocycles. The Labute approximate surface area is 201 Å². The lowest BCUT2D eigenvalue weighted by molar-refractivity contribution is -0.121. The molecule has 1 fully saturated rings. The largest absolute Gasteiger partial charge is 0.309 e. The fourth-order valence-corrected chi connectivity index (χ4v) is 4.84. The second-order valence-corrected chi connectivity index (χ2v) is 9.05. The molecule has 0 aliphatic carbocycles. The molecule has 4 nitrogen and oxygen atoms in total. The highest BCUT2D eigenvalue weighted by Gasteiger charge is 2.32. The molecular formula is C27H19ClN2O2S. The van der Waals surface area contributed by atoms with Crippen molar-refractivity contribution in [2.45, 2.75) is 0 Å². The van der Waals surface area contributed by atoms with Gasteiger partial charge in [0.2, 0.25) is 0 Å². The number of hydrogen-bond donors (Lipinski definition) is 0. The molecule has 0 saturated carbocycles. The molecule has 3 aromatic carbocycles. The van der Waals surface area contributed by atoms with E-state index in [0.29, 0.717) is 9.93 Å². The maximum absolute atomic E-state index is 12.6. The number of halogens is 1. The summed E-state index contributed by atoms with van der Waals surface area (Å²) in [6.45, 7) is 0. The smallest absolute Gasteiger partial charge is 0.293 e. The minimum atomic E-state index is -0.287. The van der Waals surface area contributed by atoms with Crippen LogP contribution in [-0.4, -0.2) is 27.7 Å². The standard InChI is InChI=1S/C27H19ClN2O2S/c1-29-26(31)24(33-27(29)32)17-20-16-23(18-8-4-2-5-9-18)30(22-14-12-21(28)13-15-22)25(20)19-10-6-3-7-11-19/h2-17H,1H3/b24-17+. The van der Waals surface area contributed by atoms with Crippen molar-refractivity contribution in [3.8, 4) is 28.2 Å². The third-order valence-electron chi connectivity index (χ3n) is 5.50. The molecule has 2 heterocycles. The lowest BCUT2D eigenvalue weighted by atomic mass is 10.1. The summed E-state index contributed by atoms with van der Waals surface area (Å²) in [6.07, 6.45) is 1.82. The number of thioether (sulfide) groups is 1. The molecule has 0 radical (unpaired) electrons. The molecule has 1 aliphatic rings. The molecule has 0 atom stereocenters. The second kappa shape index (κ2) is 8.77. The number of carbonyl (C=O) groups is 2. The highest BCUT2D eigenvalue weighted by atomic mass is 35.5. The van der Waals surface area contributed by atoms with Crippen molar-refractivity contribution in [3.63, 3.8) is 0 Å². The number of likely N-dealkylation sites (N-methyl/N-ethyl adjacent to an activating group) is 1. The van der Waals surface area contributed by atoms with Gasteiger partial charge in [-0.15, -0.1) is 0 Å². The number of rotatable bonds is 4. The zero-order valence-corrected chi connectivity index (χ0v) is 19.3. The Kier molecular flexibility index (Phi) is 5.67. The van der Waals surface area contributed by atoms with Crippen LogP contribution in [0.15, 0.2) is 95.9 Å². The van der Waals surface area contributed by atoms with E-state index in [-0.39, 0.29) is 11.1 Å². The summed E-state index contributed by atoms with van der Waals surface area (Å²) < 4.78 is 2.17. The molecule has 33 heavy (non-hydrogen) atoms. The number of imide groups is 1. The first kappa shape index (κ1) is 21.3. The van der Waals surface area contributed by atoms with Gasteiger partial charge in [0.15, 0.2) is 0 Å². The van der Waals surface area contributed by atoms with Gasteiger partial charge in [-0.05, 0) is 59.3 Å². The third kappa shape index (κ3) is 4.01. The maximum Gasteiger partial charge on any atom is 0.293 e. The topological polar surface area (TPSA) is 42.3 Å². The van der Waals surface area contributed by atoms with Gasteiger partial charge in [0.1, 0.15) is 0 Å². The molecule has 0 unspecified atom stereocenters. The van der Waals surface area contributed by atoms with Crippen molar-refractivity contribution in [2.75, 3.05) is 7.05 Å². The lowest BCUT2D eigenvalue weighted by Gasteiger charge is -2.15. The number of carbonyl (C=O) groups excluding carboxylic acids is 2. The van der Waals surface area contributed by atoms with Crippen LogP contribution in [-0.2, 0) is 4.79 Å². The van der Waals surface area contributed by atoms with Crippen LogP contribution < -0.4 is 0 Å². The molecule has 0 spiro atoms. The molecule has 1 aromatic heterocycles. The molecule has 2 amide bonds. The zero-order chi connectivity index (χ0) is 22.9. The van der Waals surface area contributed by atoms with Crippen molar-refractivity contribution in [1.29, 1.82) is 0 Å². The number of nitrogens with zero attached hydrogens (tertiary/aromatic N) is 2. The van der Waals surface area contributed by atoms with E-state index in [0.717, 1.165) is 50.4 Å². The van der Waals surface area contributed by atoms with Gasteiger partial charge in [-0.25, -0.2) is 0 Å². The van der Waals surface area contributed by atoms with Crippen molar-refractivity contribution in [3.05, 3.63) is 106 Å². The van der Waals surface area contributed by atoms with Crippen molar-refractivity contribution < 1.29 is 9.59 Å². The Morgan fingerprint density at radius 1 is 0.818 bits per heavy atom. The summed E-state index contributed by atoms with van der Waals surface area (Å²) in [7, 11) is 1.50.